The highest BCUT2D eigenvalue weighted by Gasteiger charge is 2.50. The molecule has 2 aromatic rings. The van der Waals surface area contributed by atoms with Crippen LogP contribution >= 0.6 is 31.0 Å². The predicted octanol–water partition coefficient (Wildman–Crippen LogP) is 1.27. The summed E-state index contributed by atoms with van der Waals surface area (Å²) in [5.41, 5.74) is 0.787. The van der Waals surface area contributed by atoms with E-state index in [1.807, 2.05) is 41.4 Å². The third-order valence-electron chi connectivity index (χ3n) is 5.03. The maximum atomic E-state index is 13.1. The van der Waals surface area contributed by atoms with Crippen LogP contribution in [0, 0.1) is 0 Å². The number of anilines is 1. The second-order valence-electron chi connectivity index (χ2n) is 7.73. The first kappa shape index (κ1) is 26.9. The van der Waals surface area contributed by atoms with Gasteiger partial charge in [0.15, 0.2) is 18.9 Å². The van der Waals surface area contributed by atoms with Crippen LogP contribution in [-0.4, -0.2) is 67.1 Å². The van der Waals surface area contributed by atoms with Crippen molar-refractivity contribution < 1.29 is 33.0 Å². The Morgan fingerprint density at radius 1 is 1.43 bits per heavy atom. The summed E-state index contributed by atoms with van der Waals surface area (Å²) in [4.78, 5) is 46.4. The molecule has 0 aliphatic carbocycles. The maximum Gasteiger partial charge on any atom is 0.431 e. The van der Waals surface area contributed by atoms with Crippen molar-refractivity contribution in [1.29, 1.82) is 0 Å². The summed E-state index contributed by atoms with van der Waals surface area (Å²) < 4.78 is 22.8. The van der Waals surface area contributed by atoms with Gasteiger partial charge in [-0.15, -0.1) is 11.8 Å². The molecule has 4 heterocycles. The van der Waals surface area contributed by atoms with Gasteiger partial charge in [-0.2, -0.15) is 9.36 Å². The van der Waals surface area contributed by atoms with Crippen LogP contribution < -0.4 is 15.0 Å². The van der Waals surface area contributed by atoms with E-state index >= 15 is 0 Å². The summed E-state index contributed by atoms with van der Waals surface area (Å²) in [5, 5.41) is 8.43. The quantitative estimate of drug-likeness (QED) is 0.0649. The van der Waals surface area contributed by atoms with Crippen molar-refractivity contribution in [2.45, 2.75) is 24.9 Å². The van der Waals surface area contributed by atoms with E-state index in [2.05, 4.69) is 31.5 Å². The number of oxime groups is 1. The molecule has 2 unspecified atom stereocenters. The molecule has 0 saturated carbocycles. The number of fused-ring (bicyclic) bond motifs is 1. The lowest BCUT2D eigenvalue weighted by Crippen LogP contribution is -2.69. The van der Waals surface area contributed by atoms with Crippen molar-refractivity contribution in [3.63, 3.8) is 0 Å². The van der Waals surface area contributed by atoms with Crippen LogP contribution in [0.4, 0.5) is 5.13 Å². The summed E-state index contributed by atoms with van der Waals surface area (Å²) in [5.74, 6) is -0.416. The summed E-state index contributed by atoms with van der Waals surface area (Å²) in [6.45, 7) is 5.78. The van der Waals surface area contributed by atoms with Gasteiger partial charge in [0.2, 0.25) is 16.7 Å². The number of pyridine rings is 1. The number of nitrogens with zero attached hydrogens (tertiary/aromatic N) is 5. The summed E-state index contributed by atoms with van der Waals surface area (Å²) in [6, 6.07) is 5.05. The minimum atomic E-state index is -4.14. The fraction of sp³-hybridized carbons (Fsp3) is 0.333. The number of hydrogen-bond donors (Lipinski definition) is 3. The number of carbonyl (C=O) groups excluding carboxylic acids is 2. The molecule has 1 fully saturated rings. The van der Waals surface area contributed by atoms with Gasteiger partial charge < -0.3 is 19.9 Å². The maximum absolute atomic E-state index is 13.1. The van der Waals surface area contributed by atoms with Crippen LogP contribution in [0.15, 0.2) is 60.2 Å². The van der Waals surface area contributed by atoms with Crippen molar-refractivity contribution in [2.24, 2.45) is 5.16 Å². The molecule has 4 rings (SSSR count). The highest BCUT2D eigenvalue weighted by molar-refractivity contribution is 8.00. The van der Waals surface area contributed by atoms with Crippen LogP contribution in [0.5, 0.6) is 0 Å². The van der Waals surface area contributed by atoms with Gasteiger partial charge in [0.1, 0.15) is 18.0 Å². The van der Waals surface area contributed by atoms with Crippen molar-refractivity contribution in [3.05, 3.63) is 60.8 Å². The molecular formula is C21H25N7O6PS2+. The van der Waals surface area contributed by atoms with E-state index in [1.165, 1.54) is 6.08 Å². The molecular weight excluding hydrogens is 541 g/mol. The first-order valence-corrected chi connectivity index (χ1v) is 14.5. The SMILES string of the molecule is C=CCON=C(C(=O)NC1C(=O)N2C=C(C[n+]3ccccc3)CS[C@@H]12)c1nsc(NP(=O)(O)OCC)n1. The number of nitrogens with one attached hydrogen (secondary N) is 2. The summed E-state index contributed by atoms with van der Waals surface area (Å²) in [7, 11) is -4.14. The van der Waals surface area contributed by atoms with Gasteiger partial charge in [0, 0.05) is 41.2 Å². The highest BCUT2D eigenvalue weighted by Crippen LogP contribution is 2.42. The second-order valence-corrected chi connectivity index (χ2v) is 11.1. The number of β-lactam (4-membered cyclic amide) rings is 1. The zero-order valence-electron chi connectivity index (χ0n) is 19.7. The van der Waals surface area contributed by atoms with E-state index < -0.39 is 19.7 Å². The number of hydrogen-bond acceptors (Lipinski definition) is 10. The van der Waals surface area contributed by atoms with E-state index in [0.29, 0.717) is 12.3 Å². The molecule has 0 radical (unpaired) electrons. The van der Waals surface area contributed by atoms with Gasteiger partial charge in [-0.25, -0.2) is 9.13 Å². The minimum absolute atomic E-state index is 0.00430. The molecule has 2 amide bonds. The lowest BCUT2D eigenvalue weighted by molar-refractivity contribution is -0.689. The fourth-order valence-electron chi connectivity index (χ4n) is 3.46. The molecule has 37 heavy (non-hydrogen) atoms. The number of amides is 2. The number of rotatable bonds is 12. The molecule has 196 valence electrons. The van der Waals surface area contributed by atoms with E-state index in [9.17, 15) is 19.0 Å². The van der Waals surface area contributed by atoms with E-state index in [1.54, 1.807) is 23.6 Å². The normalized spacial score (nSPS) is 20.7. The Labute approximate surface area is 221 Å². The van der Waals surface area contributed by atoms with E-state index in [0.717, 1.165) is 17.1 Å². The van der Waals surface area contributed by atoms with E-state index in [4.69, 9.17) is 9.36 Å². The van der Waals surface area contributed by atoms with Gasteiger partial charge in [-0.3, -0.25) is 19.2 Å². The second kappa shape index (κ2) is 12.0. The molecule has 16 heteroatoms. The van der Waals surface area contributed by atoms with Gasteiger partial charge in [-0.05, 0) is 6.92 Å². The summed E-state index contributed by atoms with van der Waals surface area (Å²) >= 11 is 2.29. The average molecular weight is 567 g/mol. The van der Waals surface area contributed by atoms with Gasteiger partial charge >= 0.3 is 7.75 Å². The largest absolute Gasteiger partial charge is 0.431 e. The predicted molar refractivity (Wildman–Crippen MR) is 137 cm³/mol. The third kappa shape index (κ3) is 6.62. The molecule has 3 N–H and O–H groups in total. The molecule has 0 spiro atoms. The Bertz CT molecular complexity index is 1270. The Kier molecular flexibility index (Phi) is 8.71. The van der Waals surface area contributed by atoms with Crippen LogP contribution in [0.1, 0.15) is 12.7 Å². The monoisotopic (exact) mass is 566 g/mol. The topological polar surface area (TPSA) is 159 Å². The van der Waals surface area contributed by atoms with Crippen molar-refractivity contribution >= 4 is 53.7 Å². The third-order valence-corrected chi connectivity index (χ3v) is 8.30. The molecule has 2 aliphatic heterocycles. The van der Waals surface area contributed by atoms with Gasteiger partial charge in [0.25, 0.3) is 11.8 Å². The van der Waals surface area contributed by atoms with Crippen molar-refractivity contribution in [1.82, 2.24) is 19.6 Å². The van der Waals surface area contributed by atoms with Crippen LogP contribution in [0.2, 0.25) is 0 Å². The summed E-state index contributed by atoms with van der Waals surface area (Å²) in [6.07, 6.45) is 7.18. The smallest absolute Gasteiger partial charge is 0.391 e. The van der Waals surface area contributed by atoms with Crippen LogP contribution in [0.3, 0.4) is 0 Å². The lowest BCUT2D eigenvalue weighted by atomic mass is 10.1. The van der Waals surface area contributed by atoms with Crippen molar-refractivity contribution in [2.75, 3.05) is 24.1 Å². The first-order valence-electron chi connectivity index (χ1n) is 11.1. The van der Waals surface area contributed by atoms with Crippen LogP contribution in [-0.2, 0) is 30.1 Å². The Hall–Kier alpha value is -3.10. The molecule has 13 nitrogen and oxygen atoms in total. The number of carbonyl (C=O) groups is 2. The zero-order chi connectivity index (χ0) is 26.4. The fourth-order valence-corrected chi connectivity index (χ4v) is 6.36. The van der Waals surface area contributed by atoms with Crippen LogP contribution in [0.25, 0.3) is 0 Å². The number of aromatic nitrogens is 3. The number of thioether (sulfide) groups is 1. The average Bonchev–Trinajstić information content (AvgIpc) is 3.32. The molecule has 3 atom stereocenters. The molecule has 0 bridgehead atoms. The van der Waals surface area contributed by atoms with Gasteiger partial charge in [0.05, 0.1) is 6.61 Å². The Morgan fingerprint density at radius 2 is 2.22 bits per heavy atom. The molecule has 0 aromatic carbocycles. The molecule has 2 aromatic heterocycles. The highest BCUT2D eigenvalue weighted by atomic mass is 32.2. The Morgan fingerprint density at radius 3 is 2.95 bits per heavy atom. The van der Waals surface area contributed by atoms with E-state index in [-0.39, 0.29) is 41.2 Å². The zero-order valence-corrected chi connectivity index (χ0v) is 22.2. The van der Waals surface area contributed by atoms with Crippen molar-refractivity contribution in [3.8, 4) is 0 Å². The standard InChI is InChI=1S/C21H24N7O6PS2/c1-3-10-33-24-15(17-23-21(37-26-17)25-35(31,32)34-4-2)18(29)22-16-19(30)28-12-14(13-36-20(16)28)11-27-8-6-5-7-9-27/h3,5-9,12,16,20H,1,4,10-11,13H2,2H3,(H2-,22,23,25,26,29,31,32)/p+1/t16?,20-/m0/s1. The Balaban J connectivity index is 1.44. The van der Waals surface area contributed by atoms with Gasteiger partial charge in [-0.1, -0.05) is 23.9 Å². The first-order chi connectivity index (χ1) is 17.8. The lowest BCUT2D eigenvalue weighted by Gasteiger charge is -2.47. The molecule has 2 aliphatic rings. The molecule has 1 saturated heterocycles. The minimum Gasteiger partial charge on any atom is -0.391 e.